The van der Waals surface area contributed by atoms with Crippen LogP contribution < -0.4 is 10.6 Å². The lowest BCUT2D eigenvalue weighted by molar-refractivity contribution is -0.143. The maximum absolute atomic E-state index is 13.0. The number of aromatic nitrogens is 5. The molecule has 2 aliphatic rings. The molecule has 33 heavy (non-hydrogen) atoms. The number of likely N-dealkylation sites (tertiary alicyclic amines) is 1. The number of rotatable bonds is 8. The second-order valence-electron chi connectivity index (χ2n) is 7.95. The van der Waals surface area contributed by atoms with Gasteiger partial charge < -0.3 is 25.2 Å². The van der Waals surface area contributed by atoms with Crippen LogP contribution in [0.2, 0.25) is 0 Å². The molecule has 4 rings (SSSR count). The van der Waals surface area contributed by atoms with Crippen LogP contribution in [0.15, 0.2) is 5.16 Å². The topological polar surface area (TPSA) is 130 Å². The van der Waals surface area contributed by atoms with Gasteiger partial charge in [-0.2, -0.15) is 9.97 Å². The molecule has 12 nitrogen and oxygen atoms in total. The summed E-state index contributed by atoms with van der Waals surface area (Å²) in [6.45, 7) is 8.87. The Morgan fingerprint density at radius 1 is 1.06 bits per heavy atom. The standard InChI is InChI=1S/C20H31N9O3S/c1-3-21-17-23-18(22-4-2)29-19(24-17)25-26-20(29)33-13-15(30)28-7-5-6-14(12-28)16(31)27-8-10-32-11-9-27/h14H,3-13H2,1-2H3,(H2,21,22,23,24,25). The van der Waals surface area contributed by atoms with E-state index < -0.39 is 0 Å². The smallest absolute Gasteiger partial charge is 0.261 e. The fourth-order valence-corrected chi connectivity index (χ4v) is 4.89. The predicted molar refractivity (Wildman–Crippen MR) is 124 cm³/mol. The van der Waals surface area contributed by atoms with E-state index in [-0.39, 0.29) is 23.5 Å². The molecule has 2 aliphatic heterocycles. The van der Waals surface area contributed by atoms with E-state index in [1.807, 2.05) is 18.7 Å². The lowest BCUT2D eigenvalue weighted by atomic mass is 9.96. The molecular weight excluding hydrogens is 446 g/mol. The van der Waals surface area contributed by atoms with Gasteiger partial charge in [0.05, 0.1) is 24.9 Å². The van der Waals surface area contributed by atoms with Gasteiger partial charge >= 0.3 is 0 Å². The highest BCUT2D eigenvalue weighted by molar-refractivity contribution is 7.99. The second kappa shape index (κ2) is 11.0. The first-order chi connectivity index (χ1) is 16.1. The Morgan fingerprint density at radius 3 is 2.61 bits per heavy atom. The molecule has 2 amide bonds. The third-order valence-electron chi connectivity index (χ3n) is 5.69. The molecular formula is C20H31N9O3S. The van der Waals surface area contributed by atoms with Crippen LogP contribution in [-0.4, -0.2) is 104 Å². The zero-order chi connectivity index (χ0) is 23.2. The summed E-state index contributed by atoms with van der Waals surface area (Å²) >= 11 is 1.30. The Morgan fingerprint density at radius 2 is 1.85 bits per heavy atom. The van der Waals surface area contributed by atoms with Crippen LogP contribution in [0.3, 0.4) is 0 Å². The fourth-order valence-electron chi connectivity index (χ4n) is 4.06. The molecule has 2 aromatic heterocycles. The average molecular weight is 478 g/mol. The number of nitrogens with one attached hydrogen (secondary N) is 2. The summed E-state index contributed by atoms with van der Waals surface area (Å²) in [5, 5.41) is 15.2. The Bertz CT molecular complexity index is 979. The first-order valence-electron chi connectivity index (χ1n) is 11.5. The molecule has 13 heteroatoms. The Labute approximate surface area is 196 Å². The molecule has 1 atom stereocenters. The number of carbonyl (C=O) groups is 2. The van der Waals surface area contributed by atoms with Gasteiger partial charge in [-0.25, -0.2) is 4.40 Å². The number of amides is 2. The minimum atomic E-state index is -0.141. The van der Waals surface area contributed by atoms with E-state index in [0.717, 1.165) is 12.8 Å². The van der Waals surface area contributed by atoms with E-state index >= 15 is 0 Å². The third kappa shape index (κ3) is 5.46. The summed E-state index contributed by atoms with van der Waals surface area (Å²) in [5.74, 6) is 1.67. The summed E-state index contributed by atoms with van der Waals surface area (Å²) in [6, 6.07) is 0. The van der Waals surface area contributed by atoms with Crippen LogP contribution >= 0.6 is 11.8 Å². The number of hydrogen-bond acceptors (Lipinski definition) is 10. The van der Waals surface area contributed by atoms with Crippen molar-refractivity contribution in [2.75, 3.05) is 68.9 Å². The maximum Gasteiger partial charge on any atom is 0.261 e. The number of thioether (sulfide) groups is 1. The van der Waals surface area contributed by atoms with Gasteiger partial charge in [-0.05, 0) is 26.7 Å². The van der Waals surface area contributed by atoms with Gasteiger partial charge in [-0.1, -0.05) is 11.8 Å². The Hall–Kier alpha value is -2.67. The fraction of sp³-hybridized carbons (Fsp3) is 0.700. The summed E-state index contributed by atoms with van der Waals surface area (Å²) in [5.41, 5.74) is 0. The van der Waals surface area contributed by atoms with Gasteiger partial charge in [0, 0.05) is 39.3 Å². The van der Waals surface area contributed by atoms with Crippen molar-refractivity contribution in [1.82, 2.24) is 34.4 Å². The molecule has 180 valence electrons. The third-order valence-corrected chi connectivity index (χ3v) is 6.60. The van der Waals surface area contributed by atoms with E-state index in [1.54, 1.807) is 9.30 Å². The first kappa shape index (κ1) is 23.5. The molecule has 0 radical (unpaired) electrons. The van der Waals surface area contributed by atoms with Gasteiger partial charge in [0.25, 0.3) is 5.78 Å². The second-order valence-corrected chi connectivity index (χ2v) is 8.90. The quantitative estimate of drug-likeness (QED) is 0.521. The summed E-state index contributed by atoms with van der Waals surface area (Å²) < 4.78 is 7.07. The molecule has 0 spiro atoms. The van der Waals surface area contributed by atoms with Crippen molar-refractivity contribution in [3.8, 4) is 0 Å². The van der Waals surface area contributed by atoms with Crippen molar-refractivity contribution in [3.63, 3.8) is 0 Å². The van der Waals surface area contributed by atoms with Crippen LogP contribution in [0.4, 0.5) is 11.9 Å². The highest BCUT2D eigenvalue weighted by Gasteiger charge is 2.32. The molecule has 0 bridgehead atoms. The highest BCUT2D eigenvalue weighted by atomic mass is 32.2. The van der Waals surface area contributed by atoms with Crippen molar-refractivity contribution in [1.29, 1.82) is 0 Å². The molecule has 1 unspecified atom stereocenters. The van der Waals surface area contributed by atoms with Gasteiger partial charge in [-0.3, -0.25) is 9.59 Å². The number of fused-ring (bicyclic) bond motifs is 1. The van der Waals surface area contributed by atoms with E-state index in [2.05, 4.69) is 30.8 Å². The van der Waals surface area contributed by atoms with Crippen molar-refractivity contribution < 1.29 is 14.3 Å². The number of carbonyl (C=O) groups excluding carboxylic acids is 2. The largest absolute Gasteiger partial charge is 0.378 e. The van der Waals surface area contributed by atoms with E-state index in [0.29, 0.717) is 75.3 Å². The number of hydrogen-bond donors (Lipinski definition) is 2. The molecule has 0 aromatic carbocycles. The zero-order valence-electron chi connectivity index (χ0n) is 19.1. The zero-order valence-corrected chi connectivity index (χ0v) is 19.9. The van der Waals surface area contributed by atoms with Crippen LogP contribution in [0.1, 0.15) is 26.7 Å². The Kier molecular flexibility index (Phi) is 7.81. The number of ether oxygens (including phenoxy) is 1. The maximum atomic E-state index is 13.0. The van der Waals surface area contributed by atoms with Crippen molar-refractivity contribution >= 4 is 41.3 Å². The number of nitrogens with zero attached hydrogens (tertiary/aromatic N) is 7. The monoisotopic (exact) mass is 477 g/mol. The summed E-state index contributed by atoms with van der Waals surface area (Å²) in [4.78, 5) is 38.4. The molecule has 2 N–H and O–H groups in total. The van der Waals surface area contributed by atoms with E-state index in [1.165, 1.54) is 11.8 Å². The van der Waals surface area contributed by atoms with Gasteiger partial charge in [-0.15, -0.1) is 10.2 Å². The molecule has 2 saturated heterocycles. The minimum Gasteiger partial charge on any atom is -0.378 e. The van der Waals surface area contributed by atoms with Crippen molar-refractivity contribution in [3.05, 3.63) is 0 Å². The summed E-state index contributed by atoms with van der Waals surface area (Å²) in [6.07, 6.45) is 1.65. The first-order valence-corrected chi connectivity index (χ1v) is 12.5. The summed E-state index contributed by atoms with van der Waals surface area (Å²) in [7, 11) is 0. The van der Waals surface area contributed by atoms with Crippen molar-refractivity contribution in [2.24, 2.45) is 5.92 Å². The van der Waals surface area contributed by atoms with Crippen LogP contribution in [0, 0.1) is 5.92 Å². The molecule has 0 saturated carbocycles. The van der Waals surface area contributed by atoms with Gasteiger partial charge in [0.15, 0.2) is 5.16 Å². The molecule has 2 fully saturated rings. The van der Waals surface area contributed by atoms with Crippen LogP contribution in [0.25, 0.3) is 5.78 Å². The molecule has 2 aromatic rings. The van der Waals surface area contributed by atoms with E-state index in [4.69, 9.17) is 4.74 Å². The van der Waals surface area contributed by atoms with Crippen LogP contribution in [0.5, 0.6) is 0 Å². The lowest BCUT2D eigenvalue weighted by Crippen LogP contribution is -2.49. The minimum absolute atomic E-state index is 0.00795. The predicted octanol–water partition coefficient (Wildman–Crippen LogP) is 0.572. The average Bonchev–Trinajstić information content (AvgIpc) is 3.26. The number of anilines is 2. The number of piperidine rings is 1. The highest BCUT2D eigenvalue weighted by Crippen LogP contribution is 2.24. The Balaban J connectivity index is 1.40. The normalized spacial score (nSPS) is 19.0. The van der Waals surface area contributed by atoms with Crippen molar-refractivity contribution in [2.45, 2.75) is 31.8 Å². The van der Waals surface area contributed by atoms with Gasteiger partial charge in [0.2, 0.25) is 23.7 Å². The SMILES string of the molecule is CCNc1nc(NCC)n2c(SCC(=O)N3CCCC(C(=O)N4CCOCC4)C3)nnc2n1. The van der Waals surface area contributed by atoms with E-state index in [9.17, 15) is 9.59 Å². The van der Waals surface area contributed by atoms with Gasteiger partial charge in [0.1, 0.15) is 0 Å². The van der Waals surface area contributed by atoms with Crippen LogP contribution in [-0.2, 0) is 14.3 Å². The number of morpholine rings is 1. The molecule has 0 aliphatic carbocycles. The molecule has 4 heterocycles. The lowest BCUT2D eigenvalue weighted by Gasteiger charge is -2.36.